The smallest absolute Gasteiger partial charge is 0.271 e. The summed E-state index contributed by atoms with van der Waals surface area (Å²) in [6.45, 7) is 0.499. The Kier molecular flexibility index (Phi) is 5.37. The van der Waals surface area contributed by atoms with Crippen LogP contribution in [-0.4, -0.2) is 29.3 Å². The molecule has 0 aliphatic carbocycles. The summed E-state index contributed by atoms with van der Waals surface area (Å²) in [7, 11) is 1.73. The molecule has 0 bridgehead atoms. The number of anilines is 1. The molecule has 7 heteroatoms. The molecular formula is C16H16FN3O3. The van der Waals surface area contributed by atoms with Gasteiger partial charge in [-0.2, -0.15) is 0 Å². The number of hydrogen-bond donors (Lipinski definition) is 1. The maximum absolute atomic E-state index is 13.1. The second-order valence-electron chi connectivity index (χ2n) is 5.16. The quantitative estimate of drug-likeness (QED) is 0.656. The molecule has 0 aliphatic rings. The van der Waals surface area contributed by atoms with E-state index in [2.05, 4.69) is 5.32 Å². The average molecular weight is 317 g/mol. The fourth-order valence-corrected chi connectivity index (χ4v) is 2.15. The molecule has 2 aromatic carbocycles. The minimum Gasteiger partial charge on any atom is -0.325 e. The summed E-state index contributed by atoms with van der Waals surface area (Å²) in [5, 5.41) is 13.3. The van der Waals surface area contributed by atoms with Gasteiger partial charge in [-0.15, -0.1) is 0 Å². The van der Waals surface area contributed by atoms with Gasteiger partial charge >= 0.3 is 0 Å². The lowest BCUT2D eigenvalue weighted by Crippen LogP contribution is -2.29. The van der Waals surface area contributed by atoms with Gasteiger partial charge in [-0.3, -0.25) is 19.8 Å². The summed E-state index contributed by atoms with van der Waals surface area (Å²) in [4.78, 5) is 23.9. The molecule has 2 aromatic rings. The van der Waals surface area contributed by atoms with E-state index < -0.39 is 4.92 Å². The first kappa shape index (κ1) is 16.6. The Balaban J connectivity index is 1.91. The molecule has 0 heterocycles. The van der Waals surface area contributed by atoms with Gasteiger partial charge in [0.1, 0.15) is 5.82 Å². The standard InChI is InChI=1S/C16H16FN3O3/c1-19(10-12-4-2-5-13(17)8-12)11-16(21)18-14-6-3-7-15(9-14)20(22)23/h2-9H,10-11H2,1H3,(H,18,21). The lowest BCUT2D eigenvalue weighted by Gasteiger charge is -2.16. The fraction of sp³-hybridized carbons (Fsp3) is 0.188. The van der Waals surface area contributed by atoms with Crippen LogP contribution in [0, 0.1) is 15.9 Å². The number of benzene rings is 2. The highest BCUT2D eigenvalue weighted by atomic mass is 19.1. The van der Waals surface area contributed by atoms with Crippen LogP contribution in [0.1, 0.15) is 5.56 Å². The molecule has 0 spiro atoms. The van der Waals surface area contributed by atoms with Crippen LogP contribution in [0.25, 0.3) is 0 Å². The lowest BCUT2D eigenvalue weighted by atomic mass is 10.2. The van der Waals surface area contributed by atoms with Crippen molar-refractivity contribution in [3.8, 4) is 0 Å². The van der Waals surface area contributed by atoms with Crippen LogP contribution < -0.4 is 5.32 Å². The van der Waals surface area contributed by atoms with E-state index in [1.807, 2.05) is 0 Å². The van der Waals surface area contributed by atoms with Crippen molar-refractivity contribution in [3.05, 3.63) is 70.0 Å². The van der Waals surface area contributed by atoms with Crippen LogP contribution in [0.3, 0.4) is 0 Å². The molecule has 0 saturated carbocycles. The van der Waals surface area contributed by atoms with E-state index in [-0.39, 0.29) is 24.0 Å². The van der Waals surface area contributed by atoms with Crippen molar-refractivity contribution in [1.82, 2.24) is 4.90 Å². The Bertz CT molecular complexity index is 721. The molecule has 2 rings (SSSR count). The maximum atomic E-state index is 13.1. The number of nitrogens with zero attached hydrogens (tertiary/aromatic N) is 2. The third-order valence-electron chi connectivity index (χ3n) is 3.10. The van der Waals surface area contributed by atoms with E-state index >= 15 is 0 Å². The molecule has 0 unspecified atom stereocenters. The number of nitrogens with one attached hydrogen (secondary N) is 1. The van der Waals surface area contributed by atoms with Gasteiger partial charge in [0.25, 0.3) is 5.69 Å². The van der Waals surface area contributed by atoms with Crippen molar-refractivity contribution >= 4 is 17.3 Å². The van der Waals surface area contributed by atoms with Crippen LogP contribution in [0.4, 0.5) is 15.8 Å². The molecule has 0 saturated heterocycles. The Morgan fingerprint density at radius 3 is 2.70 bits per heavy atom. The van der Waals surface area contributed by atoms with Gasteiger partial charge in [0.05, 0.1) is 11.5 Å². The molecule has 0 atom stereocenters. The summed E-state index contributed by atoms with van der Waals surface area (Å²) in [6, 6.07) is 11.9. The largest absolute Gasteiger partial charge is 0.325 e. The van der Waals surface area contributed by atoms with Crippen molar-refractivity contribution in [2.45, 2.75) is 6.54 Å². The minimum atomic E-state index is -0.522. The van der Waals surface area contributed by atoms with E-state index in [1.54, 1.807) is 30.1 Å². The summed E-state index contributed by atoms with van der Waals surface area (Å²) in [5.41, 5.74) is 1.04. The molecule has 0 radical (unpaired) electrons. The summed E-state index contributed by atoms with van der Waals surface area (Å²) >= 11 is 0. The number of nitro benzene ring substituents is 1. The van der Waals surface area contributed by atoms with Crippen LogP contribution in [0.15, 0.2) is 48.5 Å². The fourth-order valence-electron chi connectivity index (χ4n) is 2.15. The molecular weight excluding hydrogens is 301 g/mol. The topological polar surface area (TPSA) is 75.5 Å². The van der Waals surface area contributed by atoms with E-state index in [1.165, 1.54) is 30.3 Å². The summed E-state index contributed by atoms with van der Waals surface area (Å²) in [5.74, 6) is -0.624. The van der Waals surface area contributed by atoms with Gasteiger partial charge in [-0.05, 0) is 30.8 Å². The molecule has 1 amide bonds. The molecule has 23 heavy (non-hydrogen) atoms. The molecule has 1 N–H and O–H groups in total. The molecule has 120 valence electrons. The summed E-state index contributed by atoms with van der Waals surface area (Å²) < 4.78 is 13.1. The van der Waals surface area contributed by atoms with Crippen LogP contribution in [0.2, 0.25) is 0 Å². The van der Waals surface area contributed by atoms with E-state index in [4.69, 9.17) is 0 Å². The zero-order chi connectivity index (χ0) is 16.8. The SMILES string of the molecule is CN(CC(=O)Nc1cccc([N+](=O)[O-])c1)Cc1cccc(F)c1. The van der Waals surface area contributed by atoms with Gasteiger partial charge in [-0.25, -0.2) is 4.39 Å². The van der Waals surface area contributed by atoms with Crippen LogP contribution >= 0.6 is 0 Å². The van der Waals surface area contributed by atoms with Crippen molar-refractivity contribution in [2.75, 3.05) is 18.9 Å². The number of rotatable bonds is 6. The highest BCUT2D eigenvalue weighted by molar-refractivity contribution is 5.92. The number of hydrogen-bond acceptors (Lipinski definition) is 4. The molecule has 0 aromatic heterocycles. The highest BCUT2D eigenvalue weighted by Crippen LogP contribution is 2.17. The number of amides is 1. The van der Waals surface area contributed by atoms with Crippen LogP contribution in [0.5, 0.6) is 0 Å². The first-order valence-corrected chi connectivity index (χ1v) is 6.91. The number of non-ortho nitro benzene ring substituents is 1. The third-order valence-corrected chi connectivity index (χ3v) is 3.10. The normalized spacial score (nSPS) is 10.6. The molecule has 0 aliphatic heterocycles. The van der Waals surface area contributed by atoms with Gasteiger partial charge in [-0.1, -0.05) is 18.2 Å². The number of carbonyl (C=O) groups excluding carboxylic acids is 1. The van der Waals surface area contributed by atoms with Crippen LogP contribution in [-0.2, 0) is 11.3 Å². The first-order valence-electron chi connectivity index (χ1n) is 6.91. The predicted molar refractivity (Wildman–Crippen MR) is 84.5 cm³/mol. The highest BCUT2D eigenvalue weighted by Gasteiger charge is 2.10. The minimum absolute atomic E-state index is 0.0825. The van der Waals surface area contributed by atoms with Gasteiger partial charge in [0.2, 0.25) is 5.91 Å². The molecule has 0 fully saturated rings. The van der Waals surface area contributed by atoms with Crippen molar-refractivity contribution in [2.24, 2.45) is 0 Å². The van der Waals surface area contributed by atoms with Gasteiger partial charge in [0.15, 0.2) is 0 Å². The predicted octanol–water partition coefficient (Wildman–Crippen LogP) is 2.80. The second kappa shape index (κ2) is 7.46. The Morgan fingerprint density at radius 1 is 1.26 bits per heavy atom. The Hall–Kier alpha value is -2.80. The van der Waals surface area contributed by atoms with Crippen molar-refractivity contribution < 1.29 is 14.1 Å². The zero-order valence-corrected chi connectivity index (χ0v) is 12.5. The summed E-state index contributed by atoms with van der Waals surface area (Å²) in [6.07, 6.45) is 0. The number of halogens is 1. The monoisotopic (exact) mass is 317 g/mol. The lowest BCUT2D eigenvalue weighted by molar-refractivity contribution is -0.384. The Labute approximate surface area is 132 Å². The van der Waals surface area contributed by atoms with E-state index in [0.717, 1.165) is 5.56 Å². The Morgan fingerprint density at radius 2 is 2.00 bits per heavy atom. The van der Waals surface area contributed by atoms with E-state index in [9.17, 15) is 19.3 Å². The third kappa shape index (κ3) is 5.15. The van der Waals surface area contributed by atoms with Crippen molar-refractivity contribution in [3.63, 3.8) is 0 Å². The second-order valence-corrected chi connectivity index (χ2v) is 5.16. The van der Waals surface area contributed by atoms with E-state index in [0.29, 0.717) is 12.2 Å². The van der Waals surface area contributed by atoms with Gasteiger partial charge in [0, 0.05) is 24.4 Å². The number of carbonyl (C=O) groups is 1. The first-order chi connectivity index (χ1) is 10.9. The van der Waals surface area contributed by atoms with Crippen molar-refractivity contribution in [1.29, 1.82) is 0 Å². The molecule has 6 nitrogen and oxygen atoms in total. The maximum Gasteiger partial charge on any atom is 0.271 e. The number of likely N-dealkylation sites (N-methyl/N-ethyl adjacent to an activating group) is 1. The average Bonchev–Trinajstić information content (AvgIpc) is 2.47. The number of nitro groups is 1. The zero-order valence-electron chi connectivity index (χ0n) is 12.5. The van der Waals surface area contributed by atoms with Gasteiger partial charge < -0.3 is 5.32 Å².